The van der Waals surface area contributed by atoms with Gasteiger partial charge in [0.1, 0.15) is 12.2 Å². The van der Waals surface area contributed by atoms with Crippen LogP contribution in [-0.2, 0) is 16.1 Å². The van der Waals surface area contributed by atoms with Gasteiger partial charge in [-0.25, -0.2) is 9.59 Å². The molecule has 2 heterocycles. The zero-order valence-corrected chi connectivity index (χ0v) is 18.3. The highest BCUT2D eigenvalue weighted by atomic mass is 16.6. The predicted octanol–water partition coefficient (Wildman–Crippen LogP) is 4.82. The van der Waals surface area contributed by atoms with Gasteiger partial charge >= 0.3 is 12.2 Å². The van der Waals surface area contributed by atoms with Crippen LogP contribution in [0.2, 0.25) is 0 Å². The minimum Gasteiger partial charge on any atom is -0.445 e. The highest BCUT2D eigenvalue weighted by Crippen LogP contribution is 2.39. The van der Waals surface area contributed by atoms with Crippen LogP contribution in [0.5, 0.6) is 0 Å². The molecule has 1 aromatic carbocycles. The van der Waals surface area contributed by atoms with Gasteiger partial charge in [-0.2, -0.15) is 0 Å². The maximum Gasteiger partial charge on any atom is 0.410 e. The molecule has 6 nitrogen and oxygen atoms in total. The van der Waals surface area contributed by atoms with Crippen LogP contribution in [0, 0.1) is 5.92 Å². The van der Waals surface area contributed by atoms with Gasteiger partial charge in [0.05, 0.1) is 18.1 Å². The second-order valence-corrected chi connectivity index (χ2v) is 9.25. The van der Waals surface area contributed by atoms with E-state index >= 15 is 0 Å². The quantitative estimate of drug-likeness (QED) is 0.724. The number of ether oxygens (including phenoxy) is 2. The Bertz CT molecular complexity index is 715. The lowest BCUT2D eigenvalue weighted by Crippen LogP contribution is -2.64. The zero-order valence-electron chi connectivity index (χ0n) is 18.3. The van der Waals surface area contributed by atoms with E-state index in [2.05, 4.69) is 13.8 Å². The number of rotatable bonds is 4. The van der Waals surface area contributed by atoms with Crippen LogP contribution in [0.15, 0.2) is 30.3 Å². The third-order valence-corrected chi connectivity index (χ3v) is 5.98. The number of piperazine rings is 1. The molecule has 0 aromatic heterocycles. The topological polar surface area (TPSA) is 59.1 Å². The molecule has 0 aliphatic carbocycles. The molecule has 160 valence electrons. The molecule has 0 N–H and O–H groups in total. The van der Waals surface area contributed by atoms with Crippen molar-refractivity contribution < 1.29 is 19.1 Å². The summed E-state index contributed by atoms with van der Waals surface area (Å²) < 4.78 is 11.3. The standard InChI is InChI=1S/C23H34N2O4/c1-6-16(2)20-19-13-12-18(25(19)22(27)29-23(3,4)5)14-24(20)21(26)28-15-17-10-8-7-9-11-17/h7-11,16,18-20H,6,12-15H2,1-5H3/t16-,18+,19-,20+/m0/s1. The van der Waals surface area contributed by atoms with Crippen LogP contribution in [0.3, 0.4) is 0 Å². The van der Waals surface area contributed by atoms with Gasteiger partial charge in [-0.1, -0.05) is 50.6 Å². The van der Waals surface area contributed by atoms with Gasteiger partial charge in [-0.05, 0) is 45.1 Å². The molecule has 2 fully saturated rings. The molecular formula is C23H34N2O4. The Morgan fingerprint density at radius 1 is 1.14 bits per heavy atom. The molecule has 4 atom stereocenters. The predicted molar refractivity (Wildman–Crippen MR) is 111 cm³/mol. The van der Waals surface area contributed by atoms with E-state index in [4.69, 9.17) is 9.47 Å². The summed E-state index contributed by atoms with van der Waals surface area (Å²) in [5.41, 5.74) is 0.435. The van der Waals surface area contributed by atoms with Gasteiger partial charge in [-0.3, -0.25) is 4.90 Å². The second kappa shape index (κ2) is 8.64. The molecule has 6 heteroatoms. The second-order valence-electron chi connectivity index (χ2n) is 9.25. The van der Waals surface area contributed by atoms with E-state index in [0.29, 0.717) is 6.54 Å². The molecule has 2 amide bonds. The van der Waals surface area contributed by atoms with Crippen molar-refractivity contribution in [2.24, 2.45) is 5.92 Å². The SMILES string of the molecule is CC[C@H](C)[C@@H]1[C@@H]2CC[C@H](CN1C(=O)OCc1ccccc1)N2C(=O)OC(C)(C)C. The van der Waals surface area contributed by atoms with Crippen LogP contribution in [0.1, 0.15) is 59.4 Å². The molecule has 0 radical (unpaired) electrons. The molecule has 0 unspecified atom stereocenters. The highest BCUT2D eigenvalue weighted by Gasteiger charge is 2.52. The lowest BCUT2D eigenvalue weighted by atomic mass is 9.89. The number of carbonyl (C=O) groups excluding carboxylic acids is 2. The number of hydrogen-bond donors (Lipinski definition) is 0. The normalized spacial score (nSPS) is 24.9. The molecule has 0 spiro atoms. The van der Waals surface area contributed by atoms with E-state index in [0.717, 1.165) is 24.8 Å². The van der Waals surface area contributed by atoms with Crippen LogP contribution in [0.25, 0.3) is 0 Å². The van der Waals surface area contributed by atoms with Crippen LogP contribution >= 0.6 is 0 Å². The van der Waals surface area contributed by atoms with Crippen molar-refractivity contribution in [2.45, 2.75) is 84.2 Å². The summed E-state index contributed by atoms with van der Waals surface area (Å²) in [6, 6.07) is 9.61. The maximum atomic E-state index is 13.0. The fourth-order valence-corrected chi connectivity index (χ4v) is 4.51. The number of amides is 2. The minimum atomic E-state index is -0.534. The van der Waals surface area contributed by atoms with Crippen molar-refractivity contribution in [3.8, 4) is 0 Å². The van der Waals surface area contributed by atoms with Gasteiger partial charge < -0.3 is 14.4 Å². The van der Waals surface area contributed by atoms with Crippen molar-refractivity contribution in [3.63, 3.8) is 0 Å². The smallest absolute Gasteiger partial charge is 0.410 e. The number of likely N-dealkylation sites (tertiary alicyclic amines) is 1. The van der Waals surface area contributed by atoms with E-state index in [1.807, 2.05) is 60.9 Å². The number of fused-ring (bicyclic) bond motifs is 2. The van der Waals surface area contributed by atoms with E-state index in [1.165, 1.54) is 0 Å². The first-order valence-electron chi connectivity index (χ1n) is 10.7. The van der Waals surface area contributed by atoms with Gasteiger partial charge in [-0.15, -0.1) is 0 Å². The summed E-state index contributed by atoms with van der Waals surface area (Å²) in [4.78, 5) is 29.6. The van der Waals surface area contributed by atoms with E-state index in [-0.39, 0.29) is 42.8 Å². The molecule has 0 saturated carbocycles. The summed E-state index contributed by atoms with van der Waals surface area (Å²) in [6.45, 7) is 10.7. The van der Waals surface area contributed by atoms with Gasteiger partial charge in [0, 0.05) is 6.54 Å². The van der Waals surface area contributed by atoms with E-state index in [1.54, 1.807) is 0 Å². The first-order valence-corrected chi connectivity index (χ1v) is 10.7. The molecule has 2 aliphatic rings. The van der Waals surface area contributed by atoms with Gasteiger partial charge in [0.25, 0.3) is 0 Å². The Hall–Kier alpha value is -2.24. The Labute approximate surface area is 174 Å². The number of hydrogen-bond acceptors (Lipinski definition) is 4. The Morgan fingerprint density at radius 3 is 2.45 bits per heavy atom. The Kier molecular flexibility index (Phi) is 6.39. The average Bonchev–Trinajstić information content (AvgIpc) is 2.99. The first-order chi connectivity index (χ1) is 13.7. The average molecular weight is 403 g/mol. The third-order valence-electron chi connectivity index (χ3n) is 5.98. The largest absolute Gasteiger partial charge is 0.445 e. The van der Waals surface area contributed by atoms with E-state index in [9.17, 15) is 9.59 Å². The third kappa shape index (κ3) is 4.85. The molecule has 3 rings (SSSR count). The van der Waals surface area contributed by atoms with Crippen molar-refractivity contribution in [1.29, 1.82) is 0 Å². The van der Waals surface area contributed by atoms with Crippen molar-refractivity contribution in [2.75, 3.05) is 6.54 Å². The monoisotopic (exact) mass is 402 g/mol. The van der Waals surface area contributed by atoms with Crippen LogP contribution in [0.4, 0.5) is 9.59 Å². The van der Waals surface area contributed by atoms with Crippen molar-refractivity contribution in [3.05, 3.63) is 35.9 Å². The van der Waals surface area contributed by atoms with E-state index < -0.39 is 5.60 Å². The van der Waals surface area contributed by atoms with Gasteiger partial charge in [0.2, 0.25) is 0 Å². The van der Waals surface area contributed by atoms with Crippen LogP contribution in [-0.4, -0.2) is 52.3 Å². The van der Waals surface area contributed by atoms with Crippen molar-refractivity contribution >= 4 is 12.2 Å². The first kappa shape index (κ1) is 21.5. The van der Waals surface area contributed by atoms with Crippen LogP contribution < -0.4 is 0 Å². The lowest BCUT2D eigenvalue weighted by Gasteiger charge is -2.48. The summed E-state index contributed by atoms with van der Waals surface area (Å²) in [7, 11) is 0. The summed E-state index contributed by atoms with van der Waals surface area (Å²) in [5, 5.41) is 0. The highest BCUT2D eigenvalue weighted by molar-refractivity contribution is 5.72. The fourth-order valence-electron chi connectivity index (χ4n) is 4.51. The Balaban J connectivity index is 1.75. The number of carbonyl (C=O) groups is 2. The summed E-state index contributed by atoms with van der Waals surface area (Å²) >= 11 is 0. The molecule has 29 heavy (non-hydrogen) atoms. The fraction of sp³-hybridized carbons (Fsp3) is 0.652. The Morgan fingerprint density at radius 2 is 1.83 bits per heavy atom. The lowest BCUT2D eigenvalue weighted by molar-refractivity contribution is -0.0331. The maximum absolute atomic E-state index is 13.0. The van der Waals surface area contributed by atoms with Crippen molar-refractivity contribution in [1.82, 2.24) is 9.80 Å². The zero-order chi connectivity index (χ0) is 21.2. The molecule has 2 aliphatic heterocycles. The number of benzene rings is 1. The minimum absolute atomic E-state index is 0.0144. The van der Waals surface area contributed by atoms with Gasteiger partial charge in [0.15, 0.2) is 0 Å². The summed E-state index contributed by atoms with van der Waals surface area (Å²) in [6.07, 6.45) is 2.15. The molecule has 2 bridgehead atoms. The summed E-state index contributed by atoms with van der Waals surface area (Å²) in [5.74, 6) is 0.258. The number of nitrogens with zero attached hydrogens (tertiary/aromatic N) is 2. The molecule has 1 aromatic rings. The molecule has 2 saturated heterocycles. The molecular weight excluding hydrogens is 368 g/mol.